The molecule has 5 nitrogen and oxygen atoms in total. The minimum atomic E-state index is -0.929. The molecule has 1 amide bonds. The average Bonchev–Trinajstić information content (AvgIpc) is 3.14. The molecule has 32 heavy (non-hydrogen) atoms. The lowest BCUT2D eigenvalue weighted by Gasteiger charge is -2.26. The molecule has 0 aliphatic heterocycles. The largest absolute Gasteiger partial charge is 0.478 e. The van der Waals surface area contributed by atoms with Crippen molar-refractivity contribution in [2.24, 2.45) is 0 Å². The topological polar surface area (TPSA) is 75.6 Å². The number of nitrogens with one attached hydrogen (secondary N) is 1. The second-order valence-electron chi connectivity index (χ2n) is 8.51. The number of ether oxygens (including phenoxy) is 1. The number of aryl methyl sites for hydroxylation is 1. The summed E-state index contributed by atoms with van der Waals surface area (Å²) in [7, 11) is 0. The zero-order chi connectivity index (χ0) is 22.1. The molecule has 1 atom stereocenters. The minimum absolute atomic E-state index is 0.0293. The van der Waals surface area contributed by atoms with Crippen molar-refractivity contribution in [3.63, 3.8) is 0 Å². The molecule has 0 aromatic heterocycles. The Kier molecular flexibility index (Phi) is 5.39. The maximum Gasteiger partial charge on any atom is 0.407 e. The van der Waals surface area contributed by atoms with Gasteiger partial charge < -0.3 is 15.2 Å². The van der Waals surface area contributed by atoms with E-state index >= 15 is 0 Å². The van der Waals surface area contributed by atoms with Crippen molar-refractivity contribution in [3.8, 4) is 11.1 Å². The predicted molar refractivity (Wildman–Crippen MR) is 122 cm³/mol. The number of benzene rings is 3. The third kappa shape index (κ3) is 3.75. The van der Waals surface area contributed by atoms with Gasteiger partial charge in [0.15, 0.2) is 0 Å². The van der Waals surface area contributed by atoms with Crippen LogP contribution in [0.1, 0.15) is 57.3 Å². The molecule has 0 fully saturated rings. The molecule has 3 aromatic carbocycles. The Morgan fingerprint density at radius 1 is 0.938 bits per heavy atom. The standard InChI is InChI=1S/C27H25NO4/c29-26(30)18-13-12-17-6-5-7-19(24(17)14-18)15-28-27(31)32-16-25-22-10-3-1-8-20(22)21-9-2-4-11-23(21)25/h1-4,8-14,19,25H,5-7,15-16H2,(H,28,31)(H,29,30). The van der Waals surface area contributed by atoms with Gasteiger partial charge in [0.2, 0.25) is 0 Å². The Morgan fingerprint density at radius 2 is 1.62 bits per heavy atom. The van der Waals surface area contributed by atoms with Crippen molar-refractivity contribution in [2.45, 2.75) is 31.1 Å². The summed E-state index contributed by atoms with van der Waals surface area (Å²) in [6, 6.07) is 21.8. The maximum atomic E-state index is 12.5. The number of hydrogen-bond donors (Lipinski definition) is 2. The number of carboxylic acid groups (broad SMARTS) is 1. The molecule has 5 heteroatoms. The molecular weight excluding hydrogens is 402 g/mol. The molecule has 1 unspecified atom stereocenters. The Labute approximate surface area is 187 Å². The van der Waals surface area contributed by atoms with Crippen molar-refractivity contribution in [1.29, 1.82) is 0 Å². The summed E-state index contributed by atoms with van der Waals surface area (Å²) in [5.74, 6) is -0.804. The number of fused-ring (bicyclic) bond motifs is 4. The van der Waals surface area contributed by atoms with E-state index in [9.17, 15) is 14.7 Å². The molecule has 0 saturated carbocycles. The van der Waals surface area contributed by atoms with Crippen molar-refractivity contribution < 1.29 is 19.4 Å². The molecule has 0 radical (unpaired) electrons. The molecule has 0 spiro atoms. The lowest BCUT2D eigenvalue weighted by molar-refractivity contribution is 0.0696. The number of carbonyl (C=O) groups is 2. The molecule has 2 aliphatic carbocycles. The Bertz CT molecular complexity index is 1140. The summed E-state index contributed by atoms with van der Waals surface area (Å²) in [6.45, 7) is 0.719. The lowest BCUT2D eigenvalue weighted by Crippen LogP contribution is -2.31. The number of rotatable bonds is 5. The molecule has 0 bridgehead atoms. The summed E-state index contributed by atoms with van der Waals surface area (Å²) < 4.78 is 5.64. The van der Waals surface area contributed by atoms with Crippen LogP contribution in [0.5, 0.6) is 0 Å². The van der Waals surface area contributed by atoms with E-state index in [1.165, 1.54) is 27.8 Å². The molecule has 0 heterocycles. The lowest BCUT2D eigenvalue weighted by atomic mass is 9.82. The highest BCUT2D eigenvalue weighted by Crippen LogP contribution is 2.44. The van der Waals surface area contributed by atoms with Crippen LogP contribution in [-0.4, -0.2) is 30.3 Å². The van der Waals surface area contributed by atoms with Gasteiger partial charge in [0.25, 0.3) is 0 Å². The van der Waals surface area contributed by atoms with Gasteiger partial charge in [0.05, 0.1) is 5.56 Å². The second-order valence-corrected chi connectivity index (χ2v) is 8.51. The highest BCUT2D eigenvalue weighted by atomic mass is 16.5. The fraction of sp³-hybridized carbons (Fsp3) is 0.259. The first-order valence-electron chi connectivity index (χ1n) is 11.1. The Balaban J connectivity index is 1.24. The number of amides is 1. The minimum Gasteiger partial charge on any atom is -0.478 e. The summed E-state index contributed by atoms with van der Waals surface area (Å²) in [4.78, 5) is 23.9. The molecule has 5 rings (SSSR count). The van der Waals surface area contributed by atoms with E-state index in [2.05, 4.69) is 29.6 Å². The summed E-state index contributed by atoms with van der Waals surface area (Å²) in [5.41, 5.74) is 7.25. The molecule has 0 saturated heterocycles. The first-order valence-corrected chi connectivity index (χ1v) is 11.1. The van der Waals surface area contributed by atoms with Gasteiger partial charge in [-0.25, -0.2) is 9.59 Å². The second kappa shape index (κ2) is 8.50. The molecule has 2 aliphatic rings. The first-order chi connectivity index (χ1) is 15.6. The van der Waals surface area contributed by atoms with Crippen LogP contribution in [0.3, 0.4) is 0 Å². The van der Waals surface area contributed by atoms with Gasteiger partial charge in [-0.1, -0.05) is 54.6 Å². The number of aromatic carboxylic acids is 1. The fourth-order valence-corrected chi connectivity index (χ4v) is 5.10. The monoisotopic (exact) mass is 427 g/mol. The van der Waals surface area contributed by atoms with Gasteiger partial charge in [-0.15, -0.1) is 0 Å². The summed E-state index contributed by atoms with van der Waals surface area (Å²) in [6.07, 6.45) is 2.45. The van der Waals surface area contributed by atoms with Crippen LogP contribution in [-0.2, 0) is 11.2 Å². The molecule has 162 valence electrons. The van der Waals surface area contributed by atoms with Gasteiger partial charge >= 0.3 is 12.1 Å². The number of carboxylic acids is 1. The third-order valence-electron chi connectivity index (χ3n) is 6.67. The number of hydrogen-bond acceptors (Lipinski definition) is 3. The normalized spacial score (nSPS) is 16.6. The highest BCUT2D eigenvalue weighted by molar-refractivity contribution is 5.88. The highest BCUT2D eigenvalue weighted by Gasteiger charge is 2.29. The van der Waals surface area contributed by atoms with E-state index in [0.717, 1.165) is 24.8 Å². The zero-order valence-corrected chi connectivity index (χ0v) is 17.7. The van der Waals surface area contributed by atoms with E-state index in [1.807, 2.05) is 30.3 Å². The number of carbonyl (C=O) groups excluding carboxylic acids is 1. The van der Waals surface area contributed by atoms with Crippen molar-refractivity contribution >= 4 is 12.1 Å². The van der Waals surface area contributed by atoms with E-state index < -0.39 is 12.1 Å². The Morgan fingerprint density at radius 3 is 2.31 bits per heavy atom. The van der Waals surface area contributed by atoms with Gasteiger partial charge in [0, 0.05) is 18.4 Å². The summed E-state index contributed by atoms with van der Waals surface area (Å²) in [5, 5.41) is 12.2. The van der Waals surface area contributed by atoms with E-state index in [1.54, 1.807) is 12.1 Å². The quantitative estimate of drug-likeness (QED) is 0.576. The van der Waals surface area contributed by atoms with Crippen LogP contribution in [0.4, 0.5) is 4.79 Å². The van der Waals surface area contributed by atoms with E-state index in [4.69, 9.17) is 4.74 Å². The van der Waals surface area contributed by atoms with Gasteiger partial charge in [-0.05, 0) is 64.8 Å². The molecular formula is C27H25NO4. The van der Waals surface area contributed by atoms with E-state index in [-0.39, 0.29) is 24.0 Å². The van der Waals surface area contributed by atoms with Crippen LogP contribution in [0.15, 0.2) is 66.7 Å². The number of alkyl carbamates (subject to hydrolysis) is 1. The van der Waals surface area contributed by atoms with Gasteiger partial charge in [-0.3, -0.25) is 0 Å². The van der Waals surface area contributed by atoms with Crippen LogP contribution in [0.2, 0.25) is 0 Å². The SMILES string of the molecule is O=C(NCC1CCCc2ccc(C(=O)O)cc21)OCC1c2ccccc2-c2ccccc21. The van der Waals surface area contributed by atoms with Crippen molar-refractivity contribution in [1.82, 2.24) is 5.32 Å². The predicted octanol–water partition coefficient (Wildman–Crippen LogP) is 5.34. The van der Waals surface area contributed by atoms with Crippen LogP contribution in [0.25, 0.3) is 11.1 Å². The Hall–Kier alpha value is -3.60. The van der Waals surface area contributed by atoms with Crippen LogP contribution < -0.4 is 5.32 Å². The van der Waals surface area contributed by atoms with Crippen molar-refractivity contribution in [2.75, 3.05) is 13.2 Å². The third-order valence-corrected chi connectivity index (χ3v) is 6.67. The molecule has 3 aromatic rings. The van der Waals surface area contributed by atoms with Gasteiger partial charge in [-0.2, -0.15) is 0 Å². The van der Waals surface area contributed by atoms with Crippen molar-refractivity contribution in [3.05, 3.63) is 94.5 Å². The summed E-state index contributed by atoms with van der Waals surface area (Å²) >= 11 is 0. The van der Waals surface area contributed by atoms with Crippen LogP contribution in [0, 0.1) is 0 Å². The smallest absolute Gasteiger partial charge is 0.407 e. The zero-order valence-electron chi connectivity index (χ0n) is 17.7. The van der Waals surface area contributed by atoms with Crippen LogP contribution >= 0.6 is 0 Å². The fourth-order valence-electron chi connectivity index (χ4n) is 5.10. The molecule has 2 N–H and O–H groups in total. The average molecular weight is 428 g/mol. The maximum absolute atomic E-state index is 12.5. The first kappa shape index (κ1) is 20.3. The van der Waals surface area contributed by atoms with Gasteiger partial charge in [0.1, 0.15) is 6.61 Å². The van der Waals surface area contributed by atoms with E-state index in [0.29, 0.717) is 6.54 Å².